The highest BCUT2D eigenvalue weighted by molar-refractivity contribution is 5.90. The molecule has 0 aliphatic heterocycles. The summed E-state index contributed by atoms with van der Waals surface area (Å²) in [6.45, 7) is 7.17. The third-order valence-corrected chi connectivity index (χ3v) is 2.37. The zero-order valence-corrected chi connectivity index (χ0v) is 9.97. The number of hydrogen-bond acceptors (Lipinski definition) is 2. The van der Waals surface area contributed by atoms with E-state index >= 15 is 0 Å². The molecule has 1 aromatic heterocycles. The van der Waals surface area contributed by atoms with Crippen LogP contribution in [0, 0.1) is 6.92 Å². The summed E-state index contributed by atoms with van der Waals surface area (Å²) in [5, 5.41) is 9.03. The van der Waals surface area contributed by atoms with E-state index in [-0.39, 0.29) is 5.56 Å². The SMILES string of the molecule is C=C/C=C\C(=C/C)c1cnc(C)c(C(=O)O)c1. The van der Waals surface area contributed by atoms with Gasteiger partial charge < -0.3 is 5.11 Å². The van der Waals surface area contributed by atoms with Crippen LogP contribution in [0.2, 0.25) is 0 Å². The van der Waals surface area contributed by atoms with Crippen molar-refractivity contribution in [3.8, 4) is 0 Å². The summed E-state index contributed by atoms with van der Waals surface area (Å²) >= 11 is 0. The van der Waals surface area contributed by atoms with Crippen molar-refractivity contribution in [2.45, 2.75) is 13.8 Å². The predicted molar refractivity (Wildman–Crippen MR) is 68.9 cm³/mol. The number of aryl methyl sites for hydroxylation is 1. The number of carbonyl (C=O) groups is 1. The van der Waals surface area contributed by atoms with E-state index in [2.05, 4.69) is 11.6 Å². The number of allylic oxidation sites excluding steroid dienone is 5. The van der Waals surface area contributed by atoms with E-state index in [4.69, 9.17) is 5.11 Å². The van der Waals surface area contributed by atoms with Gasteiger partial charge in [0.15, 0.2) is 0 Å². The molecule has 3 heteroatoms. The zero-order chi connectivity index (χ0) is 12.8. The average Bonchev–Trinajstić information content (AvgIpc) is 2.31. The highest BCUT2D eigenvalue weighted by Crippen LogP contribution is 2.18. The number of carboxylic acids is 1. The predicted octanol–water partition coefficient (Wildman–Crippen LogP) is 3.23. The molecule has 0 aliphatic carbocycles. The van der Waals surface area contributed by atoms with Crippen LogP contribution in [-0.4, -0.2) is 16.1 Å². The van der Waals surface area contributed by atoms with Crippen molar-refractivity contribution in [3.05, 3.63) is 60.0 Å². The molecule has 0 bridgehead atoms. The lowest BCUT2D eigenvalue weighted by atomic mass is 10.0. The average molecular weight is 229 g/mol. The summed E-state index contributed by atoms with van der Waals surface area (Å²) in [7, 11) is 0. The minimum absolute atomic E-state index is 0.230. The highest BCUT2D eigenvalue weighted by Gasteiger charge is 2.09. The standard InChI is InChI=1S/C14H15NO2/c1-4-6-7-11(5-2)12-8-13(14(16)17)10(3)15-9-12/h4-9H,1H2,2-3H3,(H,16,17)/b7-6-,11-5+. The molecular formula is C14H15NO2. The van der Waals surface area contributed by atoms with Crippen LogP contribution in [0.3, 0.4) is 0 Å². The third-order valence-electron chi connectivity index (χ3n) is 2.37. The van der Waals surface area contributed by atoms with Crippen LogP contribution in [0.4, 0.5) is 0 Å². The molecule has 1 rings (SSSR count). The molecule has 0 saturated heterocycles. The second-order valence-corrected chi connectivity index (χ2v) is 3.50. The number of carboxylic acid groups (broad SMARTS) is 1. The van der Waals surface area contributed by atoms with Crippen molar-refractivity contribution in [1.29, 1.82) is 0 Å². The van der Waals surface area contributed by atoms with Gasteiger partial charge in [-0.15, -0.1) is 0 Å². The molecular weight excluding hydrogens is 214 g/mol. The second kappa shape index (κ2) is 5.80. The lowest BCUT2D eigenvalue weighted by molar-refractivity contribution is 0.0695. The van der Waals surface area contributed by atoms with E-state index in [0.717, 1.165) is 11.1 Å². The van der Waals surface area contributed by atoms with Gasteiger partial charge in [0.2, 0.25) is 0 Å². The van der Waals surface area contributed by atoms with Crippen LogP contribution in [0.5, 0.6) is 0 Å². The van der Waals surface area contributed by atoms with Crippen LogP contribution < -0.4 is 0 Å². The Balaban J connectivity index is 3.23. The molecule has 0 radical (unpaired) electrons. The summed E-state index contributed by atoms with van der Waals surface area (Å²) in [5.41, 5.74) is 2.45. The Hall–Kier alpha value is -2.16. The van der Waals surface area contributed by atoms with Crippen LogP contribution in [-0.2, 0) is 0 Å². The van der Waals surface area contributed by atoms with Gasteiger partial charge in [-0.3, -0.25) is 4.98 Å². The van der Waals surface area contributed by atoms with Crippen LogP contribution in [0.15, 0.2) is 43.1 Å². The smallest absolute Gasteiger partial charge is 0.337 e. The molecule has 0 unspecified atom stereocenters. The molecule has 0 saturated carbocycles. The third kappa shape index (κ3) is 3.14. The van der Waals surface area contributed by atoms with Gasteiger partial charge in [0.25, 0.3) is 0 Å². The van der Waals surface area contributed by atoms with Gasteiger partial charge in [-0.2, -0.15) is 0 Å². The van der Waals surface area contributed by atoms with Gasteiger partial charge in [-0.25, -0.2) is 4.79 Å². The summed E-state index contributed by atoms with van der Waals surface area (Å²) in [4.78, 5) is 15.1. The first-order chi connectivity index (χ1) is 8.10. The van der Waals surface area contributed by atoms with Gasteiger partial charge in [-0.05, 0) is 25.5 Å². The first kappa shape index (κ1) is 12.9. The molecule has 3 nitrogen and oxygen atoms in total. The van der Waals surface area contributed by atoms with Crippen molar-refractivity contribution in [3.63, 3.8) is 0 Å². The maximum Gasteiger partial charge on any atom is 0.337 e. The number of nitrogens with zero attached hydrogens (tertiary/aromatic N) is 1. The number of aromatic nitrogens is 1. The maximum atomic E-state index is 11.0. The summed E-state index contributed by atoms with van der Waals surface area (Å²) in [5.74, 6) is -0.958. The van der Waals surface area contributed by atoms with Crippen molar-refractivity contribution in [1.82, 2.24) is 4.98 Å². The highest BCUT2D eigenvalue weighted by atomic mass is 16.4. The van der Waals surface area contributed by atoms with E-state index in [0.29, 0.717) is 5.69 Å². The molecule has 0 aromatic carbocycles. The quantitative estimate of drug-likeness (QED) is 0.806. The van der Waals surface area contributed by atoms with Crippen LogP contribution >= 0.6 is 0 Å². The fourth-order valence-electron chi connectivity index (χ4n) is 1.44. The zero-order valence-electron chi connectivity index (χ0n) is 9.97. The van der Waals surface area contributed by atoms with E-state index < -0.39 is 5.97 Å². The lowest BCUT2D eigenvalue weighted by Gasteiger charge is -2.05. The Morgan fingerprint density at radius 1 is 1.53 bits per heavy atom. The van der Waals surface area contributed by atoms with E-state index in [1.807, 2.05) is 19.1 Å². The number of pyridine rings is 1. The van der Waals surface area contributed by atoms with Crippen molar-refractivity contribution >= 4 is 11.5 Å². The monoisotopic (exact) mass is 229 g/mol. The minimum atomic E-state index is -0.958. The summed E-state index contributed by atoms with van der Waals surface area (Å²) in [6, 6.07) is 1.63. The van der Waals surface area contributed by atoms with Gasteiger partial charge in [-0.1, -0.05) is 30.9 Å². The van der Waals surface area contributed by atoms with Crippen molar-refractivity contribution < 1.29 is 9.90 Å². The Labute approximate surface area is 101 Å². The fourth-order valence-corrected chi connectivity index (χ4v) is 1.44. The van der Waals surface area contributed by atoms with Crippen LogP contribution in [0.1, 0.15) is 28.5 Å². The fraction of sp³-hybridized carbons (Fsp3) is 0.143. The number of rotatable bonds is 4. The molecule has 0 spiro atoms. The molecule has 0 fully saturated rings. The van der Waals surface area contributed by atoms with Gasteiger partial charge in [0.1, 0.15) is 0 Å². The molecule has 88 valence electrons. The summed E-state index contributed by atoms with van der Waals surface area (Å²) < 4.78 is 0. The molecule has 1 aromatic rings. The van der Waals surface area contributed by atoms with Crippen LogP contribution in [0.25, 0.3) is 5.57 Å². The first-order valence-corrected chi connectivity index (χ1v) is 5.26. The normalized spacial score (nSPS) is 11.8. The Morgan fingerprint density at radius 3 is 2.76 bits per heavy atom. The largest absolute Gasteiger partial charge is 0.478 e. The number of hydrogen-bond donors (Lipinski definition) is 1. The second-order valence-electron chi connectivity index (χ2n) is 3.50. The first-order valence-electron chi connectivity index (χ1n) is 5.26. The molecule has 0 amide bonds. The van der Waals surface area contributed by atoms with E-state index in [9.17, 15) is 4.79 Å². The lowest BCUT2D eigenvalue weighted by Crippen LogP contribution is -2.02. The van der Waals surface area contributed by atoms with Gasteiger partial charge in [0.05, 0.1) is 11.3 Å². The Kier molecular flexibility index (Phi) is 4.40. The molecule has 0 aliphatic rings. The van der Waals surface area contributed by atoms with E-state index in [1.54, 1.807) is 31.3 Å². The molecule has 17 heavy (non-hydrogen) atoms. The van der Waals surface area contributed by atoms with Gasteiger partial charge >= 0.3 is 5.97 Å². The summed E-state index contributed by atoms with van der Waals surface area (Å²) in [6.07, 6.45) is 8.91. The topological polar surface area (TPSA) is 50.2 Å². The van der Waals surface area contributed by atoms with Crippen molar-refractivity contribution in [2.24, 2.45) is 0 Å². The Bertz CT molecular complexity index is 499. The molecule has 1 N–H and O–H groups in total. The molecule has 1 heterocycles. The molecule has 0 atom stereocenters. The van der Waals surface area contributed by atoms with E-state index in [1.165, 1.54) is 0 Å². The van der Waals surface area contributed by atoms with Gasteiger partial charge in [0, 0.05) is 11.8 Å². The number of aromatic carboxylic acids is 1. The minimum Gasteiger partial charge on any atom is -0.478 e. The van der Waals surface area contributed by atoms with Crippen molar-refractivity contribution in [2.75, 3.05) is 0 Å². The Morgan fingerprint density at radius 2 is 2.24 bits per heavy atom. The maximum absolute atomic E-state index is 11.0.